The van der Waals surface area contributed by atoms with Crippen molar-refractivity contribution in [3.63, 3.8) is 0 Å². The van der Waals surface area contributed by atoms with Gasteiger partial charge in [-0.15, -0.1) is 0 Å². The van der Waals surface area contributed by atoms with E-state index in [1.54, 1.807) is 12.1 Å². The number of anilines is 1. The Hall–Kier alpha value is -1.25. The second kappa shape index (κ2) is 4.51. The minimum atomic E-state index is -0.660. The van der Waals surface area contributed by atoms with Crippen LogP contribution < -0.4 is 4.90 Å². The molecule has 1 saturated heterocycles. The molecule has 1 aromatic rings. The number of alkyl halides is 1. The Labute approximate surface area is 89.3 Å². The normalized spacial score (nSPS) is 22.5. The number of phenols is 1. The van der Waals surface area contributed by atoms with Crippen LogP contribution >= 0.6 is 0 Å². The van der Waals surface area contributed by atoms with Gasteiger partial charge in [0.25, 0.3) is 0 Å². The third kappa shape index (κ3) is 2.61. The van der Waals surface area contributed by atoms with E-state index in [9.17, 15) is 9.50 Å². The van der Waals surface area contributed by atoms with Crippen LogP contribution in [-0.4, -0.2) is 24.4 Å². The van der Waals surface area contributed by atoms with Gasteiger partial charge in [0.05, 0.1) is 0 Å². The zero-order valence-corrected chi connectivity index (χ0v) is 8.69. The molecule has 1 heterocycles. The Kier molecular flexibility index (Phi) is 3.09. The van der Waals surface area contributed by atoms with Crippen LogP contribution in [0, 0.1) is 0 Å². The Bertz CT molecular complexity index is 329. The molecule has 0 radical (unpaired) electrons. The molecule has 0 aliphatic carbocycles. The van der Waals surface area contributed by atoms with Crippen LogP contribution in [0.15, 0.2) is 24.3 Å². The molecule has 1 N–H and O–H groups in total. The third-order valence-corrected chi connectivity index (χ3v) is 2.85. The molecule has 82 valence electrons. The number of phenolic OH excluding ortho intramolecular Hbond substituents is 1. The number of hydrogen-bond donors (Lipinski definition) is 1. The van der Waals surface area contributed by atoms with Crippen molar-refractivity contribution in [2.45, 2.75) is 25.4 Å². The molecule has 3 heteroatoms. The highest BCUT2D eigenvalue weighted by molar-refractivity contribution is 5.50. The molecule has 0 bridgehead atoms. The van der Waals surface area contributed by atoms with E-state index in [-0.39, 0.29) is 5.75 Å². The van der Waals surface area contributed by atoms with Gasteiger partial charge < -0.3 is 10.0 Å². The average Bonchev–Trinajstić information content (AvgIpc) is 2.43. The lowest BCUT2D eigenvalue weighted by atomic mass is 10.2. The third-order valence-electron chi connectivity index (χ3n) is 2.85. The van der Waals surface area contributed by atoms with Crippen LogP contribution in [-0.2, 0) is 0 Å². The predicted octanol–water partition coefficient (Wildman–Crippen LogP) is 2.72. The summed E-state index contributed by atoms with van der Waals surface area (Å²) in [5, 5.41) is 9.37. The predicted molar refractivity (Wildman–Crippen MR) is 59.1 cm³/mol. The first-order valence-corrected chi connectivity index (χ1v) is 5.44. The zero-order valence-electron chi connectivity index (χ0n) is 8.69. The number of rotatable bonds is 1. The number of aromatic hydroxyl groups is 1. The maximum atomic E-state index is 13.1. The molecule has 2 nitrogen and oxygen atoms in total. The molecule has 0 spiro atoms. The molecule has 1 aliphatic heterocycles. The van der Waals surface area contributed by atoms with E-state index in [1.165, 1.54) is 0 Å². The van der Waals surface area contributed by atoms with Crippen LogP contribution in [0.1, 0.15) is 19.3 Å². The second-order valence-electron chi connectivity index (χ2n) is 4.04. The highest BCUT2D eigenvalue weighted by Crippen LogP contribution is 2.23. The lowest BCUT2D eigenvalue weighted by Gasteiger charge is -2.22. The van der Waals surface area contributed by atoms with Crippen molar-refractivity contribution in [2.24, 2.45) is 0 Å². The second-order valence-corrected chi connectivity index (χ2v) is 4.04. The summed E-state index contributed by atoms with van der Waals surface area (Å²) >= 11 is 0. The average molecular weight is 209 g/mol. The number of halogens is 1. The van der Waals surface area contributed by atoms with Gasteiger partial charge in [0.15, 0.2) is 0 Å². The molecular formula is C12H16FNO. The number of hydrogen-bond acceptors (Lipinski definition) is 2. The van der Waals surface area contributed by atoms with E-state index in [0.717, 1.165) is 25.2 Å². The fourth-order valence-corrected chi connectivity index (χ4v) is 2.00. The molecule has 2 rings (SSSR count). The first kappa shape index (κ1) is 10.3. The van der Waals surface area contributed by atoms with Crippen molar-refractivity contribution in [2.75, 3.05) is 18.0 Å². The smallest absolute Gasteiger partial charge is 0.117 e. The van der Waals surface area contributed by atoms with Crippen molar-refractivity contribution >= 4 is 5.69 Å². The molecule has 1 aromatic carbocycles. The zero-order chi connectivity index (χ0) is 10.7. The van der Waals surface area contributed by atoms with Crippen molar-refractivity contribution in [1.82, 2.24) is 0 Å². The lowest BCUT2D eigenvalue weighted by Crippen LogP contribution is -2.24. The molecule has 1 fully saturated rings. The van der Waals surface area contributed by atoms with Gasteiger partial charge in [-0.1, -0.05) is 6.07 Å². The van der Waals surface area contributed by atoms with E-state index in [1.807, 2.05) is 12.1 Å². The molecular weight excluding hydrogens is 193 g/mol. The van der Waals surface area contributed by atoms with Crippen molar-refractivity contribution in [3.8, 4) is 5.75 Å². The SMILES string of the molecule is Oc1cccc(N2CCCC(F)CC2)c1. The highest BCUT2D eigenvalue weighted by Gasteiger charge is 2.16. The maximum Gasteiger partial charge on any atom is 0.117 e. The standard InChI is InChI=1S/C12H16FNO/c13-10-3-2-7-14(8-6-10)11-4-1-5-12(15)9-11/h1,4-5,9-10,15H,2-3,6-8H2. The molecule has 15 heavy (non-hydrogen) atoms. The van der Waals surface area contributed by atoms with Crippen molar-refractivity contribution in [1.29, 1.82) is 0 Å². The Morgan fingerprint density at radius 2 is 2.13 bits per heavy atom. The fraction of sp³-hybridized carbons (Fsp3) is 0.500. The molecule has 0 amide bonds. The number of nitrogens with zero attached hydrogens (tertiary/aromatic N) is 1. The molecule has 1 aliphatic rings. The van der Waals surface area contributed by atoms with Gasteiger partial charge in [-0.25, -0.2) is 4.39 Å². The molecule has 0 aromatic heterocycles. The van der Waals surface area contributed by atoms with Crippen LogP contribution in [0.4, 0.5) is 10.1 Å². The lowest BCUT2D eigenvalue weighted by molar-refractivity contribution is 0.307. The summed E-state index contributed by atoms with van der Waals surface area (Å²) in [4.78, 5) is 2.14. The van der Waals surface area contributed by atoms with Gasteiger partial charge in [-0.2, -0.15) is 0 Å². The highest BCUT2D eigenvalue weighted by atomic mass is 19.1. The Balaban J connectivity index is 2.09. The van der Waals surface area contributed by atoms with Gasteiger partial charge in [-0.05, 0) is 31.4 Å². The van der Waals surface area contributed by atoms with Gasteiger partial charge in [-0.3, -0.25) is 0 Å². The minimum Gasteiger partial charge on any atom is -0.508 e. The monoisotopic (exact) mass is 209 g/mol. The summed E-state index contributed by atoms with van der Waals surface area (Å²) in [6, 6.07) is 7.17. The molecule has 0 saturated carbocycles. The van der Waals surface area contributed by atoms with Crippen LogP contribution in [0.25, 0.3) is 0 Å². The van der Waals surface area contributed by atoms with Crippen LogP contribution in [0.2, 0.25) is 0 Å². The maximum absolute atomic E-state index is 13.1. The molecule has 1 atom stereocenters. The van der Waals surface area contributed by atoms with E-state index < -0.39 is 6.17 Å². The van der Waals surface area contributed by atoms with E-state index in [4.69, 9.17) is 0 Å². The van der Waals surface area contributed by atoms with Crippen LogP contribution in [0.3, 0.4) is 0 Å². The van der Waals surface area contributed by atoms with E-state index >= 15 is 0 Å². The summed E-state index contributed by atoms with van der Waals surface area (Å²) in [5.41, 5.74) is 0.990. The van der Waals surface area contributed by atoms with Gasteiger partial charge in [0, 0.05) is 24.8 Å². The number of benzene rings is 1. The minimum absolute atomic E-state index is 0.272. The Morgan fingerprint density at radius 1 is 1.27 bits per heavy atom. The van der Waals surface area contributed by atoms with Crippen LogP contribution in [0.5, 0.6) is 5.75 Å². The fourth-order valence-electron chi connectivity index (χ4n) is 2.00. The Morgan fingerprint density at radius 3 is 2.93 bits per heavy atom. The van der Waals surface area contributed by atoms with Gasteiger partial charge in [0.1, 0.15) is 11.9 Å². The first-order chi connectivity index (χ1) is 7.25. The first-order valence-electron chi connectivity index (χ1n) is 5.44. The summed E-state index contributed by atoms with van der Waals surface area (Å²) in [6.07, 6.45) is 1.48. The van der Waals surface area contributed by atoms with Crippen molar-refractivity contribution in [3.05, 3.63) is 24.3 Å². The van der Waals surface area contributed by atoms with E-state index in [0.29, 0.717) is 12.8 Å². The summed E-state index contributed by atoms with van der Waals surface area (Å²) in [6.45, 7) is 1.62. The quantitative estimate of drug-likeness (QED) is 0.768. The van der Waals surface area contributed by atoms with Gasteiger partial charge >= 0.3 is 0 Å². The van der Waals surface area contributed by atoms with E-state index in [2.05, 4.69) is 4.90 Å². The molecule has 1 unspecified atom stereocenters. The summed E-state index contributed by atoms with van der Waals surface area (Å²) < 4.78 is 13.1. The summed E-state index contributed by atoms with van der Waals surface area (Å²) in [7, 11) is 0. The summed E-state index contributed by atoms with van der Waals surface area (Å²) in [5.74, 6) is 0.272. The van der Waals surface area contributed by atoms with Crippen molar-refractivity contribution < 1.29 is 9.50 Å². The van der Waals surface area contributed by atoms with Gasteiger partial charge in [0.2, 0.25) is 0 Å². The largest absolute Gasteiger partial charge is 0.508 e. The topological polar surface area (TPSA) is 23.5 Å².